The zero-order valence-electron chi connectivity index (χ0n) is 7.89. The summed E-state index contributed by atoms with van der Waals surface area (Å²) in [4.78, 5) is 0. The fourth-order valence-corrected chi connectivity index (χ4v) is 2.07. The first-order valence-electron chi connectivity index (χ1n) is 4.82. The monoisotopic (exact) mass is 213 g/mol. The van der Waals surface area contributed by atoms with Gasteiger partial charge in [0.15, 0.2) is 0 Å². The minimum absolute atomic E-state index is 0.0683. The largest absolute Gasteiger partial charge is 0.325 e. The minimum Gasteiger partial charge on any atom is -0.325 e. The van der Waals surface area contributed by atoms with E-state index in [9.17, 15) is 4.39 Å². The highest BCUT2D eigenvalue weighted by Crippen LogP contribution is 2.32. The summed E-state index contributed by atoms with van der Waals surface area (Å²) in [6.45, 7) is 0. The Morgan fingerprint density at radius 3 is 2.64 bits per heavy atom. The van der Waals surface area contributed by atoms with Gasteiger partial charge in [-0.05, 0) is 43.4 Å². The summed E-state index contributed by atoms with van der Waals surface area (Å²) < 4.78 is 12.9. The van der Waals surface area contributed by atoms with Crippen LogP contribution < -0.4 is 5.73 Å². The van der Waals surface area contributed by atoms with Crippen molar-refractivity contribution in [2.45, 2.75) is 31.2 Å². The molecule has 1 nitrogen and oxygen atoms in total. The SMILES string of the molecule is NC1(Cc2ccc(F)c(Cl)c2)CCC1. The first kappa shape index (κ1) is 9.94. The van der Waals surface area contributed by atoms with Crippen molar-refractivity contribution >= 4 is 11.6 Å². The highest BCUT2D eigenvalue weighted by Gasteiger charge is 2.32. The molecule has 0 unspecified atom stereocenters. The molecule has 0 heterocycles. The Hall–Kier alpha value is -0.600. The molecule has 0 aromatic heterocycles. The van der Waals surface area contributed by atoms with Gasteiger partial charge in [0.25, 0.3) is 0 Å². The van der Waals surface area contributed by atoms with Gasteiger partial charge in [0, 0.05) is 5.54 Å². The van der Waals surface area contributed by atoms with Gasteiger partial charge >= 0.3 is 0 Å². The summed E-state index contributed by atoms with van der Waals surface area (Å²) in [5.74, 6) is -0.366. The van der Waals surface area contributed by atoms with Gasteiger partial charge in [0.2, 0.25) is 0 Å². The molecule has 14 heavy (non-hydrogen) atoms. The van der Waals surface area contributed by atoms with Crippen LogP contribution in [0.4, 0.5) is 4.39 Å². The van der Waals surface area contributed by atoms with Gasteiger partial charge in [0.05, 0.1) is 5.02 Å². The van der Waals surface area contributed by atoms with Gasteiger partial charge in [0.1, 0.15) is 5.82 Å². The van der Waals surface area contributed by atoms with Gasteiger partial charge < -0.3 is 5.73 Å². The lowest BCUT2D eigenvalue weighted by molar-refractivity contribution is 0.247. The van der Waals surface area contributed by atoms with Crippen LogP contribution in [0.25, 0.3) is 0 Å². The third kappa shape index (κ3) is 1.91. The van der Waals surface area contributed by atoms with Crippen molar-refractivity contribution in [2.75, 3.05) is 0 Å². The molecule has 0 atom stereocenters. The van der Waals surface area contributed by atoms with Crippen LogP contribution in [-0.4, -0.2) is 5.54 Å². The molecule has 76 valence electrons. The molecule has 1 aliphatic carbocycles. The minimum atomic E-state index is -0.366. The van der Waals surface area contributed by atoms with Gasteiger partial charge in [-0.1, -0.05) is 17.7 Å². The van der Waals surface area contributed by atoms with Crippen LogP contribution >= 0.6 is 11.6 Å². The smallest absolute Gasteiger partial charge is 0.141 e. The first-order valence-corrected chi connectivity index (χ1v) is 5.20. The van der Waals surface area contributed by atoms with E-state index in [1.807, 2.05) is 0 Å². The Morgan fingerprint density at radius 1 is 1.43 bits per heavy atom. The van der Waals surface area contributed by atoms with Crippen LogP contribution in [0.15, 0.2) is 18.2 Å². The molecule has 2 N–H and O–H groups in total. The Labute approximate surface area is 88.1 Å². The molecule has 1 saturated carbocycles. The quantitative estimate of drug-likeness (QED) is 0.803. The molecule has 0 bridgehead atoms. The molecule has 1 aromatic rings. The number of nitrogens with two attached hydrogens (primary N) is 1. The van der Waals surface area contributed by atoms with Crippen molar-refractivity contribution in [1.29, 1.82) is 0 Å². The molecule has 3 heteroatoms. The lowest BCUT2D eigenvalue weighted by atomic mass is 9.74. The summed E-state index contributed by atoms with van der Waals surface area (Å²) in [5, 5.41) is 0.186. The summed E-state index contributed by atoms with van der Waals surface area (Å²) in [5.41, 5.74) is 7.04. The second-order valence-corrected chi connectivity index (χ2v) is 4.55. The van der Waals surface area contributed by atoms with Crippen LogP contribution in [0.2, 0.25) is 5.02 Å². The average Bonchev–Trinajstić information content (AvgIpc) is 2.09. The van der Waals surface area contributed by atoms with Gasteiger partial charge in [-0.15, -0.1) is 0 Å². The number of hydrogen-bond acceptors (Lipinski definition) is 1. The Balaban J connectivity index is 2.13. The normalized spacial score (nSPS) is 19.1. The predicted octanol–water partition coefficient (Wildman–Crippen LogP) is 2.90. The maximum absolute atomic E-state index is 12.9. The zero-order valence-corrected chi connectivity index (χ0v) is 8.65. The van der Waals surface area contributed by atoms with E-state index in [2.05, 4.69) is 0 Å². The van der Waals surface area contributed by atoms with E-state index in [4.69, 9.17) is 17.3 Å². The van der Waals surface area contributed by atoms with Gasteiger partial charge in [-0.25, -0.2) is 4.39 Å². The molecule has 0 spiro atoms. The van der Waals surface area contributed by atoms with E-state index in [0.717, 1.165) is 24.8 Å². The van der Waals surface area contributed by atoms with E-state index in [-0.39, 0.29) is 16.4 Å². The van der Waals surface area contributed by atoms with Crippen molar-refractivity contribution in [3.8, 4) is 0 Å². The Bertz CT molecular complexity index is 347. The maximum atomic E-state index is 12.9. The van der Waals surface area contributed by atoms with Crippen LogP contribution in [-0.2, 0) is 6.42 Å². The molecular formula is C11H13ClFN. The average molecular weight is 214 g/mol. The first-order chi connectivity index (χ1) is 6.59. The molecular weight excluding hydrogens is 201 g/mol. The van der Waals surface area contributed by atoms with Crippen molar-refractivity contribution in [1.82, 2.24) is 0 Å². The number of rotatable bonds is 2. The summed E-state index contributed by atoms with van der Waals surface area (Å²) in [7, 11) is 0. The lowest BCUT2D eigenvalue weighted by Gasteiger charge is -2.38. The molecule has 1 fully saturated rings. The summed E-state index contributed by atoms with van der Waals surface area (Å²) in [6, 6.07) is 4.83. The van der Waals surface area contributed by atoms with Crippen molar-refractivity contribution in [2.24, 2.45) is 5.73 Å². The van der Waals surface area contributed by atoms with Gasteiger partial charge in [-0.3, -0.25) is 0 Å². The third-order valence-corrected chi connectivity index (χ3v) is 3.18. The highest BCUT2D eigenvalue weighted by molar-refractivity contribution is 6.30. The van der Waals surface area contributed by atoms with Crippen molar-refractivity contribution in [3.63, 3.8) is 0 Å². The van der Waals surface area contributed by atoms with Crippen LogP contribution in [0.5, 0.6) is 0 Å². The molecule has 0 aliphatic heterocycles. The fraction of sp³-hybridized carbons (Fsp3) is 0.455. The van der Waals surface area contributed by atoms with Crippen molar-refractivity contribution < 1.29 is 4.39 Å². The van der Waals surface area contributed by atoms with E-state index in [1.54, 1.807) is 12.1 Å². The topological polar surface area (TPSA) is 26.0 Å². The van der Waals surface area contributed by atoms with E-state index in [1.165, 1.54) is 12.5 Å². The molecule has 1 aliphatic rings. The summed E-state index contributed by atoms with van der Waals surface area (Å²) in [6.07, 6.45) is 4.11. The van der Waals surface area contributed by atoms with E-state index >= 15 is 0 Å². The molecule has 0 saturated heterocycles. The standard InChI is InChI=1S/C11H13ClFN/c12-9-6-8(2-3-10(9)13)7-11(14)4-1-5-11/h2-3,6H,1,4-5,7,14H2. The molecule has 2 rings (SSSR count). The second kappa shape index (κ2) is 3.52. The number of hydrogen-bond donors (Lipinski definition) is 1. The van der Waals surface area contributed by atoms with Crippen LogP contribution in [0, 0.1) is 5.82 Å². The lowest BCUT2D eigenvalue weighted by Crippen LogP contribution is -2.48. The summed E-state index contributed by atoms with van der Waals surface area (Å²) >= 11 is 5.69. The fourth-order valence-electron chi connectivity index (χ4n) is 1.86. The van der Waals surface area contributed by atoms with Crippen molar-refractivity contribution in [3.05, 3.63) is 34.6 Å². The predicted molar refractivity (Wildman–Crippen MR) is 55.9 cm³/mol. The third-order valence-electron chi connectivity index (χ3n) is 2.89. The molecule has 0 radical (unpaired) electrons. The second-order valence-electron chi connectivity index (χ2n) is 4.14. The number of halogens is 2. The van der Waals surface area contributed by atoms with Crippen LogP contribution in [0.1, 0.15) is 24.8 Å². The Morgan fingerprint density at radius 2 is 2.14 bits per heavy atom. The molecule has 1 aromatic carbocycles. The Kier molecular flexibility index (Phi) is 2.50. The van der Waals surface area contributed by atoms with Gasteiger partial charge in [-0.2, -0.15) is 0 Å². The van der Waals surface area contributed by atoms with E-state index in [0.29, 0.717) is 0 Å². The zero-order chi connectivity index (χ0) is 10.2. The maximum Gasteiger partial charge on any atom is 0.141 e. The highest BCUT2D eigenvalue weighted by atomic mass is 35.5. The molecule has 0 amide bonds. The number of benzene rings is 1. The van der Waals surface area contributed by atoms with Crippen LogP contribution in [0.3, 0.4) is 0 Å². The van der Waals surface area contributed by atoms with E-state index < -0.39 is 0 Å².